The summed E-state index contributed by atoms with van der Waals surface area (Å²) in [6.45, 7) is 6.99. The monoisotopic (exact) mass is 312 g/mol. The number of rotatable bonds is 6. The summed E-state index contributed by atoms with van der Waals surface area (Å²) in [6.07, 6.45) is 0.998. The standard InChI is InChI=1S/C20H24O3/c1-14(2)11-18-12-15(3)5-10-19(18)23-13-16-6-8-17(9-7-16)20(21)22-4/h5-10,12,14H,11,13H2,1-4H3. The molecule has 0 saturated heterocycles. The molecule has 0 aliphatic heterocycles. The molecule has 2 aromatic carbocycles. The van der Waals surface area contributed by atoms with Crippen molar-refractivity contribution in [2.45, 2.75) is 33.8 Å². The molecule has 0 spiro atoms. The Balaban J connectivity index is 2.07. The Bertz CT molecular complexity index is 657. The summed E-state index contributed by atoms with van der Waals surface area (Å²) in [5.41, 5.74) is 4.06. The lowest BCUT2D eigenvalue weighted by Gasteiger charge is -2.14. The lowest BCUT2D eigenvalue weighted by Crippen LogP contribution is -2.03. The molecule has 0 saturated carbocycles. The van der Waals surface area contributed by atoms with Gasteiger partial charge in [-0.2, -0.15) is 0 Å². The van der Waals surface area contributed by atoms with Crippen molar-refractivity contribution in [3.63, 3.8) is 0 Å². The van der Waals surface area contributed by atoms with Crippen LogP contribution in [-0.4, -0.2) is 13.1 Å². The number of methoxy groups -OCH3 is 1. The van der Waals surface area contributed by atoms with Crippen LogP contribution in [0.15, 0.2) is 42.5 Å². The third kappa shape index (κ3) is 4.85. The molecule has 0 radical (unpaired) electrons. The topological polar surface area (TPSA) is 35.5 Å². The van der Waals surface area contributed by atoms with Gasteiger partial charge in [0.15, 0.2) is 0 Å². The first-order valence-electron chi connectivity index (χ1n) is 7.89. The summed E-state index contributed by atoms with van der Waals surface area (Å²) < 4.78 is 10.7. The molecule has 122 valence electrons. The minimum Gasteiger partial charge on any atom is -0.489 e. The largest absolute Gasteiger partial charge is 0.489 e. The van der Waals surface area contributed by atoms with Gasteiger partial charge < -0.3 is 9.47 Å². The van der Waals surface area contributed by atoms with Crippen LogP contribution in [0.3, 0.4) is 0 Å². The second-order valence-electron chi connectivity index (χ2n) is 6.19. The first-order valence-corrected chi connectivity index (χ1v) is 7.89. The number of carbonyl (C=O) groups is 1. The molecule has 3 heteroatoms. The van der Waals surface area contributed by atoms with Crippen molar-refractivity contribution in [3.8, 4) is 5.75 Å². The zero-order valence-corrected chi connectivity index (χ0v) is 14.3. The first kappa shape index (κ1) is 17.1. The van der Waals surface area contributed by atoms with E-state index in [9.17, 15) is 4.79 Å². The van der Waals surface area contributed by atoms with Crippen LogP contribution in [-0.2, 0) is 17.8 Å². The Hall–Kier alpha value is -2.29. The van der Waals surface area contributed by atoms with Gasteiger partial charge in [-0.3, -0.25) is 0 Å². The van der Waals surface area contributed by atoms with Crippen molar-refractivity contribution in [2.24, 2.45) is 5.92 Å². The Morgan fingerprint density at radius 3 is 2.39 bits per heavy atom. The molecule has 23 heavy (non-hydrogen) atoms. The van der Waals surface area contributed by atoms with Gasteiger partial charge in [-0.05, 0) is 48.6 Å². The SMILES string of the molecule is COC(=O)c1ccc(COc2ccc(C)cc2CC(C)C)cc1. The lowest BCUT2D eigenvalue weighted by molar-refractivity contribution is 0.0600. The van der Waals surface area contributed by atoms with Crippen LogP contribution in [0, 0.1) is 12.8 Å². The van der Waals surface area contributed by atoms with Crippen molar-refractivity contribution in [3.05, 3.63) is 64.7 Å². The van der Waals surface area contributed by atoms with Gasteiger partial charge in [0.05, 0.1) is 12.7 Å². The van der Waals surface area contributed by atoms with E-state index in [-0.39, 0.29) is 5.97 Å². The van der Waals surface area contributed by atoms with Gasteiger partial charge in [-0.25, -0.2) is 4.79 Å². The van der Waals surface area contributed by atoms with Gasteiger partial charge >= 0.3 is 5.97 Å². The molecule has 2 aromatic rings. The molecule has 0 N–H and O–H groups in total. The molecular formula is C20H24O3. The van der Waals surface area contributed by atoms with Gasteiger partial charge in [0.2, 0.25) is 0 Å². The van der Waals surface area contributed by atoms with Gasteiger partial charge in [0.25, 0.3) is 0 Å². The summed E-state index contributed by atoms with van der Waals surface area (Å²) in [7, 11) is 1.38. The highest BCUT2D eigenvalue weighted by Crippen LogP contribution is 2.24. The van der Waals surface area contributed by atoms with Crippen LogP contribution in [0.25, 0.3) is 0 Å². The average Bonchev–Trinajstić information content (AvgIpc) is 2.53. The third-order valence-electron chi connectivity index (χ3n) is 3.61. The molecule has 2 rings (SSSR count). The van der Waals surface area contributed by atoms with E-state index < -0.39 is 0 Å². The van der Waals surface area contributed by atoms with Crippen LogP contribution in [0.1, 0.15) is 40.9 Å². The second kappa shape index (κ2) is 7.82. The molecule has 3 nitrogen and oxygen atoms in total. The third-order valence-corrected chi connectivity index (χ3v) is 3.61. The maximum Gasteiger partial charge on any atom is 0.337 e. The Morgan fingerprint density at radius 1 is 1.09 bits per heavy atom. The number of hydrogen-bond acceptors (Lipinski definition) is 3. The highest BCUT2D eigenvalue weighted by molar-refractivity contribution is 5.89. The number of ether oxygens (including phenoxy) is 2. The van der Waals surface area contributed by atoms with E-state index >= 15 is 0 Å². The van der Waals surface area contributed by atoms with Crippen LogP contribution in [0.4, 0.5) is 0 Å². The lowest BCUT2D eigenvalue weighted by atomic mass is 10.0. The van der Waals surface area contributed by atoms with E-state index in [2.05, 4.69) is 32.9 Å². The molecule has 0 amide bonds. The smallest absolute Gasteiger partial charge is 0.337 e. The van der Waals surface area contributed by atoms with Crippen molar-refractivity contribution in [1.82, 2.24) is 0 Å². The maximum absolute atomic E-state index is 11.4. The number of carbonyl (C=O) groups excluding carboxylic acids is 1. The average molecular weight is 312 g/mol. The van der Waals surface area contributed by atoms with Gasteiger partial charge in [-0.15, -0.1) is 0 Å². The van der Waals surface area contributed by atoms with Gasteiger partial charge in [0.1, 0.15) is 12.4 Å². The fourth-order valence-electron chi connectivity index (χ4n) is 2.46. The van der Waals surface area contributed by atoms with Crippen LogP contribution in [0.2, 0.25) is 0 Å². The van der Waals surface area contributed by atoms with E-state index in [0.717, 1.165) is 17.7 Å². The van der Waals surface area contributed by atoms with E-state index in [1.165, 1.54) is 18.2 Å². The van der Waals surface area contributed by atoms with Crippen LogP contribution in [0.5, 0.6) is 5.75 Å². The molecule has 0 aliphatic rings. The Morgan fingerprint density at radius 2 is 1.78 bits per heavy atom. The number of esters is 1. The fourth-order valence-corrected chi connectivity index (χ4v) is 2.46. The molecule has 0 aromatic heterocycles. The predicted octanol–water partition coefficient (Wildman–Crippen LogP) is 4.56. The molecule has 0 unspecified atom stereocenters. The molecular weight excluding hydrogens is 288 g/mol. The minimum absolute atomic E-state index is 0.324. The summed E-state index contributed by atoms with van der Waals surface area (Å²) in [6, 6.07) is 13.6. The second-order valence-corrected chi connectivity index (χ2v) is 6.19. The highest BCUT2D eigenvalue weighted by atomic mass is 16.5. The Kier molecular flexibility index (Phi) is 5.80. The number of aryl methyl sites for hydroxylation is 1. The maximum atomic E-state index is 11.4. The minimum atomic E-state index is -0.324. The highest BCUT2D eigenvalue weighted by Gasteiger charge is 2.08. The number of benzene rings is 2. The van der Waals surface area contributed by atoms with Crippen LogP contribution >= 0.6 is 0 Å². The van der Waals surface area contributed by atoms with Crippen LogP contribution < -0.4 is 4.74 Å². The van der Waals surface area contributed by atoms with Crippen molar-refractivity contribution in [2.75, 3.05) is 7.11 Å². The molecule has 0 aliphatic carbocycles. The van der Waals surface area contributed by atoms with Gasteiger partial charge in [0, 0.05) is 0 Å². The summed E-state index contributed by atoms with van der Waals surface area (Å²) in [5.74, 6) is 1.19. The Labute approximate surface area is 138 Å². The molecule has 0 bridgehead atoms. The molecule has 0 heterocycles. The van der Waals surface area contributed by atoms with E-state index in [4.69, 9.17) is 9.47 Å². The van der Waals surface area contributed by atoms with E-state index in [1.807, 2.05) is 18.2 Å². The van der Waals surface area contributed by atoms with Crippen molar-refractivity contribution >= 4 is 5.97 Å². The predicted molar refractivity (Wildman–Crippen MR) is 91.8 cm³/mol. The zero-order chi connectivity index (χ0) is 16.8. The molecule has 0 fully saturated rings. The fraction of sp³-hybridized carbons (Fsp3) is 0.350. The van der Waals surface area contributed by atoms with E-state index in [0.29, 0.717) is 18.1 Å². The van der Waals surface area contributed by atoms with Crippen molar-refractivity contribution < 1.29 is 14.3 Å². The van der Waals surface area contributed by atoms with E-state index in [1.54, 1.807) is 12.1 Å². The quantitative estimate of drug-likeness (QED) is 0.734. The molecule has 0 atom stereocenters. The zero-order valence-electron chi connectivity index (χ0n) is 14.3. The van der Waals surface area contributed by atoms with Crippen molar-refractivity contribution in [1.29, 1.82) is 0 Å². The summed E-state index contributed by atoms with van der Waals surface area (Å²) in [4.78, 5) is 11.4. The first-order chi connectivity index (χ1) is 11.0. The summed E-state index contributed by atoms with van der Waals surface area (Å²) in [5, 5.41) is 0. The number of hydrogen-bond donors (Lipinski definition) is 0. The van der Waals surface area contributed by atoms with Gasteiger partial charge in [-0.1, -0.05) is 43.7 Å². The summed E-state index contributed by atoms with van der Waals surface area (Å²) >= 11 is 0. The normalized spacial score (nSPS) is 10.7.